The van der Waals surface area contributed by atoms with E-state index in [0.717, 1.165) is 64.2 Å². The van der Waals surface area contributed by atoms with Gasteiger partial charge in [-0.2, -0.15) is 0 Å². The summed E-state index contributed by atoms with van der Waals surface area (Å²) in [5, 5.41) is 0. The number of morpholine rings is 1. The van der Waals surface area contributed by atoms with Crippen LogP contribution < -0.4 is 4.90 Å². The topological polar surface area (TPSA) is 34.0 Å². The zero-order valence-corrected chi connectivity index (χ0v) is 16.3. The summed E-state index contributed by atoms with van der Waals surface area (Å²) in [6.07, 6.45) is 14.8. The van der Waals surface area contributed by atoms with Gasteiger partial charge in [-0.1, -0.05) is 31.4 Å². The Kier molecular flexibility index (Phi) is 6.31. The number of fused-ring (bicyclic) bond motifs is 2. The zero-order valence-electron chi connectivity index (χ0n) is 16.3. The number of ether oxygens (including phenoxy) is 1. The maximum Gasteiger partial charge on any atom is 0.223 e. The van der Waals surface area contributed by atoms with Crippen LogP contribution in [0.25, 0.3) is 0 Å². The molecular formula is C22H37N2O2+. The van der Waals surface area contributed by atoms with Crippen LogP contribution in [0.5, 0.6) is 0 Å². The number of nitrogens with zero attached hydrogens (tertiary/aromatic N) is 1. The molecule has 3 fully saturated rings. The lowest BCUT2D eigenvalue weighted by atomic mass is 9.86. The fourth-order valence-electron chi connectivity index (χ4n) is 5.68. The predicted molar refractivity (Wildman–Crippen MR) is 103 cm³/mol. The molecule has 1 aliphatic heterocycles. The Morgan fingerprint density at radius 1 is 1.08 bits per heavy atom. The molecule has 0 aromatic carbocycles. The summed E-state index contributed by atoms with van der Waals surface area (Å²) in [6.45, 7) is 6.99. The Hall–Kier alpha value is -0.870. The van der Waals surface area contributed by atoms with Crippen molar-refractivity contribution in [1.82, 2.24) is 4.90 Å². The monoisotopic (exact) mass is 361 g/mol. The lowest BCUT2D eigenvalue weighted by molar-refractivity contribution is -0.907. The van der Waals surface area contributed by atoms with E-state index in [1.165, 1.54) is 44.9 Å². The molecule has 1 N–H and O–H groups in total. The van der Waals surface area contributed by atoms with Gasteiger partial charge in [-0.25, -0.2) is 0 Å². The highest BCUT2D eigenvalue weighted by Crippen LogP contribution is 2.43. The van der Waals surface area contributed by atoms with E-state index < -0.39 is 0 Å². The van der Waals surface area contributed by atoms with Crippen molar-refractivity contribution in [1.29, 1.82) is 0 Å². The van der Waals surface area contributed by atoms with E-state index in [4.69, 9.17) is 4.74 Å². The lowest BCUT2D eigenvalue weighted by Crippen LogP contribution is -3.14. The van der Waals surface area contributed by atoms with Crippen LogP contribution in [0, 0.1) is 23.7 Å². The van der Waals surface area contributed by atoms with Crippen molar-refractivity contribution in [3.8, 4) is 0 Å². The van der Waals surface area contributed by atoms with Crippen molar-refractivity contribution in [2.24, 2.45) is 23.7 Å². The summed E-state index contributed by atoms with van der Waals surface area (Å²) in [7, 11) is 0. The summed E-state index contributed by atoms with van der Waals surface area (Å²) in [5.41, 5.74) is 0. The number of amides is 1. The standard InChI is InChI=1S/C22H36N2O2/c25-22(16-18-4-2-1-3-5-18)24(9-8-23-10-12-26-13-11-23)17-21-15-19-6-7-20(21)14-19/h6-7,18-21H,1-5,8-17H2/p+1/t19-,20+,21-/m1/s1. The molecule has 4 rings (SSSR count). The Labute approximate surface area is 158 Å². The second kappa shape index (κ2) is 8.88. The van der Waals surface area contributed by atoms with E-state index in [0.29, 0.717) is 17.7 Å². The highest BCUT2D eigenvalue weighted by Gasteiger charge is 2.37. The number of carbonyl (C=O) groups is 1. The Morgan fingerprint density at radius 2 is 1.88 bits per heavy atom. The molecule has 146 valence electrons. The van der Waals surface area contributed by atoms with Crippen molar-refractivity contribution in [2.75, 3.05) is 45.9 Å². The normalized spacial score (nSPS) is 32.2. The quantitative estimate of drug-likeness (QED) is 0.703. The molecule has 1 amide bonds. The van der Waals surface area contributed by atoms with Crippen LogP contribution in [0.3, 0.4) is 0 Å². The molecule has 1 heterocycles. The van der Waals surface area contributed by atoms with Gasteiger partial charge in [0.25, 0.3) is 0 Å². The molecule has 3 aliphatic carbocycles. The van der Waals surface area contributed by atoms with Gasteiger partial charge in [0.15, 0.2) is 0 Å². The van der Waals surface area contributed by atoms with Gasteiger partial charge in [0.2, 0.25) is 5.91 Å². The Balaban J connectivity index is 1.33. The number of hydrogen-bond donors (Lipinski definition) is 1. The van der Waals surface area contributed by atoms with Crippen molar-refractivity contribution >= 4 is 5.91 Å². The first-order valence-electron chi connectivity index (χ1n) is 11.2. The van der Waals surface area contributed by atoms with Gasteiger partial charge < -0.3 is 14.5 Å². The van der Waals surface area contributed by atoms with Crippen LogP contribution >= 0.6 is 0 Å². The van der Waals surface area contributed by atoms with Gasteiger partial charge in [-0.3, -0.25) is 4.79 Å². The van der Waals surface area contributed by atoms with Gasteiger partial charge in [-0.05, 0) is 49.4 Å². The molecule has 0 spiro atoms. The number of nitrogens with one attached hydrogen (secondary N) is 1. The minimum Gasteiger partial charge on any atom is -0.370 e. The van der Waals surface area contributed by atoms with E-state index in [2.05, 4.69) is 17.1 Å². The average molecular weight is 362 g/mol. The van der Waals surface area contributed by atoms with Crippen molar-refractivity contribution in [3.05, 3.63) is 12.2 Å². The molecule has 1 saturated heterocycles. The average Bonchev–Trinajstić information content (AvgIpc) is 3.30. The van der Waals surface area contributed by atoms with E-state index >= 15 is 0 Å². The zero-order chi connectivity index (χ0) is 17.8. The molecule has 0 aromatic rings. The molecule has 4 nitrogen and oxygen atoms in total. The molecule has 0 unspecified atom stereocenters. The maximum absolute atomic E-state index is 13.2. The minimum atomic E-state index is 0.441. The Morgan fingerprint density at radius 3 is 2.58 bits per heavy atom. The van der Waals surface area contributed by atoms with Crippen LogP contribution in [0.2, 0.25) is 0 Å². The molecule has 2 bridgehead atoms. The number of rotatable bonds is 7. The first kappa shape index (κ1) is 18.5. The van der Waals surface area contributed by atoms with Gasteiger partial charge in [0, 0.05) is 13.0 Å². The molecule has 4 heteroatoms. The maximum atomic E-state index is 13.2. The number of quaternary nitrogens is 1. The summed E-state index contributed by atoms with van der Waals surface area (Å²) in [6, 6.07) is 0. The minimum absolute atomic E-state index is 0.441. The van der Waals surface area contributed by atoms with Crippen LogP contribution in [-0.4, -0.2) is 56.7 Å². The number of allylic oxidation sites excluding steroid dienone is 2. The molecule has 0 radical (unpaired) electrons. The summed E-state index contributed by atoms with van der Waals surface area (Å²) >= 11 is 0. The second-order valence-electron chi connectivity index (χ2n) is 9.20. The fraction of sp³-hybridized carbons (Fsp3) is 0.864. The molecule has 2 saturated carbocycles. The molecule has 3 atom stereocenters. The van der Waals surface area contributed by atoms with Crippen molar-refractivity contribution in [3.63, 3.8) is 0 Å². The molecular weight excluding hydrogens is 324 g/mol. The highest BCUT2D eigenvalue weighted by atomic mass is 16.5. The van der Waals surface area contributed by atoms with Gasteiger partial charge in [0.05, 0.1) is 26.3 Å². The lowest BCUT2D eigenvalue weighted by Gasteiger charge is -2.32. The second-order valence-corrected chi connectivity index (χ2v) is 9.20. The third-order valence-corrected chi connectivity index (χ3v) is 7.35. The van der Waals surface area contributed by atoms with Crippen LogP contribution in [-0.2, 0) is 9.53 Å². The van der Waals surface area contributed by atoms with E-state index in [9.17, 15) is 4.79 Å². The number of hydrogen-bond acceptors (Lipinski definition) is 2. The summed E-state index contributed by atoms with van der Waals surface area (Å²) in [5.74, 6) is 3.33. The third kappa shape index (κ3) is 4.69. The van der Waals surface area contributed by atoms with Gasteiger partial charge >= 0.3 is 0 Å². The van der Waals surface area contributed by atoms with Crippen LogP contribution in [0.4, 0.5) is 0 Å². The van der Waals surface area contributed by atoms with E-state index in [-0.39, 0.29) is 0 Å². The van der Waals surface area contributed by atoms with Crippen LogP contribution in [0.15, 0.2) is 12.2 Å². The van der Waals surface area contributed by atoms with Gasteiger partial charge in [0.1, 0.15) is 13.1 Å². The smallest absolute Gasteiger partial charge is 0.223 e. The third-order valence-electron chi connectivity index (χ3n) is 7.35. The van der Waals surface area contributed by atoms with Gasteiger partial charge in [-0.15, -0.1) is 0 Å². The first-order valence-corrected chi connectivity index (χ1v) is 11.2. The molecule has 4 aliphatic rings. The SMILES string of the molecule is O=C(CC1CCCCC1)N(CC[NH+]1CCOCC1)C[C@H]1C[C@@H]2C=C[C@H]1C2. The molecule has 0 aromatic heterocycles. The highest BCUT2D eigenvalue weighted by molar-refractivity contribution is 5.76. The van der Waals surface area contributed by atoms with E-state index in [1.54, 1.807) is 4.90 Å². The Bertz CT molecular complexity index is 494. The van der Waals surface area contributed by atoms with E-state index in [1.807, 2.05) is 0 Å². The van der Waals surface area contributed by atoms with Crippen LogP contribution in [0.1, 0.15) is 51.4 Å². The molecule has 26 heavy (non-hydrogen) atoms. The number of carbonyl (C=O) groups excluding carboxylic acids is 1. The predicted octanol–water partition coefficient (Wildman–Crippen LogP) is 1.91. The summed E-state index contributed by atoms with van der Waals surface area (Å²) in [4.78, 5) is 17.0. The summed E-state index contributed by atoms with van der Waals surface area (Å²) < 4.78 is 5.49. The largest absolute Gasteiger partial charge is 0.370 e. The van der Waals surface area contributed by atoms with Crippen molar-refractivity contribution < 1.29 is 14.4 Å². The van der Waals surface area contributed by atoms with Crippen molar-refractivity contribution in [2.45, 2.75) is 51.4 Å². The first-order chi connectivity index (χ1) is 12.8. The fourth-order valence-corrected chi connectivity index (χ4v) is 5.68.